The average molecular weight is 612 g/mol. The Kier molecular flexibility index (Phi) is 8.15. The first-order valence-corrected chi connectivity index (χ1v) is 14.0. The maximum absolute atomic E-state index is 15.9. The molecule has 0 aliphatic carbocycles. The molecule has 1 amide bonds. The van der Waals surface area contributed by atoms with Crippen molar-refractivity contribution in [3.05, 3.63) is 88.7 Å². The molecule has 1 fully saturated rings. The summed E-state index contributed by atoms with van der Waals surface area (Å²) < 4.78 is 68.0. The molecule has 11 heteroatoms. The minimum Gasteiger partial charge on any atom is -0.494 e. The highest BCUT2D eigenvalue weighted by Gasteiger charge is 2.53. The van der Waals surface area contributed by atoms with Crippen LogP contribution in [0.5, 0.6) is 5.75 Å². The van der Waals surface area contributed by atoms with Gasteiger partial charge < -0.3 is 19.9 Å². The van der Waals surface area contributed by atoms with Gasteiger partial charge in [-0.3, -0.25) is 9.78 Å². The number of benzene rings is 2. The molecule has 1 saturated heterocycles. The number of halogens is 4. The van der Waals surface area contributed by atoms with Gasteiger partial charge in [0.2, 0.25) is 0 Å². The molecule has 232 valence electrons. The number of amides is 1. The van der Waals surface area contributed by atoms with Crippen LogP contribution in [0.2, 0.25) is 0 Å². The topological polar surface area (TPSA) is 93.6 Å². The number of hydrogen-bond donors (Lipinski definition) is 2. The largest absolute Gasteiger partial charge is 0.494 e. The number of alkyl halides is 2. The van der Waals surface area contributed by atoms with Crippen LogP contribution in [0, 0.1) is 17.0 Å². The summed E-state index contributed by atoms with van der Waals surface area (Å²) in [6.07, 6.45) is -1.10. The van der Waals surface area contributed by atoms with Crippen molar-refractivity contribution in [2.45, 2.75) is 51.7 Å². The monoisotopic (exact) mass is 611 g/mol. The fourth-order valence-electron chi connectivity index (χ4n) is 5.61. The van der Waals surface area contributed by atoms with E-state index in [0.29, 0.717) is 29.5 Å². The molecule has 7 nitrogen and oxygen atoms in total. The van der Waals surface area contributed by atoms with E-state index in [4.69, 9.17) is 9.47 Å². The Morgan fingerprint density at radius 1 is 1.14 bits per heavy atom. The van der Waals surface area contributed by atoms with Crippen molar-refractivity contribution in [2.75, 3.05) is 20.3 Å². The van der Waals surface area contributed by atoms with Crippen molar-refractivity contribution in [3.63, 3.8) is 0 Å². The minimum absolute atomic E-state index is 0.0413. The summed E-state index contributed by atoms with van der Waals surface area (Å²) in [6, 6.07) is 10.8. The molecule has 0 spiro atoms. The van der Waals surface area contributed by atoms with Crippen LogP contribution in [0.1, 0.15) is 67.7 Å². The molecular weight excluding hydrogens is 578 g/mol. The van der Waals surface area contributed by atoms with Crippen LogP contribution < -0.4 is 10.1 Å². The Morgan fingerprint density at radius 2 is 1.84 bits per heavy atom. The number of ether oxygens (including phenoxy) is 2. The number of aromatic nitrogens is 2. The van der Waals surface area contributed by atoms with Crippen LogP contribution in [-0.2, 0) is 15.9 Å². The van der Waals surface area contributed by atoms with Crippen LogP contribution in [0.15, 0.2) is 54.7 Å². The third-order valence-electron chi connectivity index (χ3n) is 8.32. The molecule has 2 aromatic heterocycles. The Labute approximate surface area is 252 Å². The molecular formula is C33H33F4N3O4. The standard InChI is InChI=1S/C33H33F4N3O4/c1-31(2)10-11-44-33(31,25-15-23(32(3,4)42)26(35)28(40-25)18-6-8-22(34)9-7-18)17-39-30(41)20-12-19-13-21(29(36)37)16-38-27(19)24(14-20)43-5/h6-9,12-16,29,42H,10-11,17H2,1-5H3,(H,39,41). The van der Waals surface area contributed by atoms with Gasteiger partial charge in [-0.1, -0.05) is 13.8 Å². The van der Waals surface area contributed by atoms with Crippen molar-refractivity contribution < 1.29 is 36.9 Å². The number of fused-ring (bicyclic) bond motifs is 1. The average Bonchev–Trinajstić information content (AvgIpc) is 3.28. The first-order chi connectivity index (χ1) is 20.7. The molecule has 1 atom stereocenters. The second-order valence-electron chi connectivity index (χ2n) is 12.1. The van der Waals surface area contributed by atoms with Gasteiger partial charge in [-0.05, 0) is 68.8 Å². The molecule has 2 aromatic carbocycles. The predicted octanol–water partition coefficient (Wildman–Crippen LogP) is 6.82. The molecule has 5 rings (SSSR count). The van der Waals surface area contributed by atoms with Crippen LogP contribution in [0.4, 0.5) is 17.6 Å². The summed E-state index contributed by atoms with van der Waals surface area (Å²) >= 11 is 0. The van der Waals surface area contributed by atoms with Crippen molar-refractivity contribution in [3.8, 4) is 17.0 Å². The highest BCUT2D eigenvalue weighted by Crippen LogP contribution is 2.50. The highest BCUT2D eigenvalue weighted by atomic mass is 19.3. The normalized spacial score (nSPS) is 18.2. The number of pyridine rings is 2. The summed E-state index contributed by atoms with van der Waals surface area (Å²) in [5.41, 5.74) is -2.89. The molecule has 44 heavy (non-hydrogen) atoms. The number of nitrogens with one attached hydrogen (secondary N) is 1. The SMILES string of the molecule is COc1cc(C(=O)NCC2(c3cc(C(C)(C)O)c(F)c(-c4ccc(F)cc4)n3)OCCC2(C)C)cc2cc(C(F)F)cnc12. The quantitative estimate of drug-likeness (QED) is 0.213. The summed E-state index contributed by atoms with van der Waals surface area (Å²) in [5, 5.41) is 14.1. The zero-order chi connectivity index (χ0) is 32.0. The highest BCUT2D eigenvalue weighted by molar-refractivity contribution is 6.00. The van der Waals surface area contributed by atoms with E-state index >= 15 is 4.39 Å². The number of carbonyl (C=O) groups excluding carboxylic acids is 1. The van der Waals surface area contributed by atoms with Gasteiger partial charge in [-0.15, -0.1) is 0 Å². The zero-order valence-corrected chi connectivity index (χ0v) is 25.0. The van der Waals surface area contributed by atoms with Gasteiger partial charge in [0, 0.05) is 45.9 Å². The molecule has 0 saturated carbocycles. The Balaban J connectivity index is 1.58. The fourth-order valence-corrected chi connectivity index (χ4v) is 5.61. The number of hydrogen-bond acceptors (Lipinski definition) is 6. The molecule has 1 unspecified atom stereocenters. The van der Waals surface area contributed by atoms with Gasteiger partial charge in [-0.2, -0.15) is 0 Å². The van der Waals surface area contributed by atoms with E-state index in [-0.39, 0.29) is 40.4 Å². The summed E-state index contributed by atoms with van der Waals surface area (Å²) in [5.74, 6) is -1.57. The maximum atomic E-state index is 15.9. The number of methoxy groups -OCH3 is 1. The smallest absolute Gasteiger partial charge is 0.265 e. The Morgan fingerprint density at radius 3 is 2.43 bits per heavy atom. The lowest BCUT2D eigenvalue weighted by Crippen LogP contribution is -2.49. The number of aliphatic hydroxyl groups is 1. The summed E-state index contributed by atoms with van der Waals surface area (Å²) in [4.78, 5) is 22.3. The lowest BCUT2D eigenvalue weighted by Gasteiger charge is -2.40. The Bertz CT molecular complexity index is 1720. The van der Waals surface area contributed by atoms with Gasteiger partial charge in [0.15, 0.2) is 5.82 Å². The summed E-state index contributed by atoms with van der Waals surface area (Å²) in [7, 11) is 1.39. The molecule has 0 bridgehead atoms. The summed E-state index contributed by atoms with van der Waals surface area (Å²) in [6.45, 7) is 6.99. The molecule has 3 heterocycles. The van der Waals surface area contributed by atoms with Crippen LogP contribution >= 0.6 is 0 Å². The van der Waals surface area contributed by atoms with Crippen molar-refractivity contribution >= 4 is 16.8 Å². The van der Waals surface area contributed by atoms with Gasteiger partial charge >= 0.3 is 0 Å². The van der Waals surface area contributed by atoms with E-state index in [2.05, 4.69) is 15.3 Å². The van der Waals surface area contributed by atoms with E-state index in [1.165, 1.54) is 69.5 Å². The molecule has 0 radical (unpaired) electrons. The third kappa shape index (κ3) is 5.61. The first kappa shape index (κ1) is 31.3. The van der Waals surface area contributed by atoms with E-state index < -0.39 is 40.6 Å². The number of nitrogens with zero attached hydrogens (tertiary/aromatic N) is 2. The second-order valence-corrected chi connectivity index (χ2v) is 12.1. The van der Waals surface area contributed by atoms with Crippen LogP contribution in [-0.4, -0.2) is 41.2 Å². The van der Waals surface area contributed by atoms with E-state index in [0.717, 1.165) is 6.20 Å². The van der Waals surface area contributed by atoms with E-state index in [1.54, 1.807) is 0 Å². The molecule has 1 aliphatic rings. The van der Waals surface area contributed by atoms with Crippen molar-refractivity contribution in [1.29, 1.82) is 0 Å². The van der Waals surface area contributed by atoms with E-state index in [1.807, 2.05) is 13.8 Å². The fraction of sp³-hybridized carbons (Fsp3) is 0.364. The van der Waals surface area contributed by atoms with Crippen LogP contribution in [0.25, 0.3) is 22.2 Å². The molecule has 1 aliphatic heterocycles. The minimum atomic E-state index is -2.74. The second kappa shape index (κ2) is 11.4. The van der Waals surface area contributed by atoms with Crippen LogP contribution in [0.3, 0.4) is 0 Å². The van der Waals surface area contributed by atoms with Crippen molar-refractivity contribution in [2.24, 2.45) is 5.41 Å². The molecule has 4 aromatic rings. The number of carbonyl (C=O) groups is 1. The predicted molar refractivity (Wildman–Crippen MR) is 156 cm³/mol. The zero-order valence-electron chi connectivity index (χ0n) is 25.0. The van der Waals surface area contributed by atoms with Gasteiger partial charge in [0.1, 0.15) is 28.4 Å². The van der Waals surface area contributed by atoms with Gasteiger partial charge in [0.05, 0.1) is 24.9 Å². The number of rotatable bonds is 8. The molecule has 2 N–H and O–H groups in total. The van der Waals surface area contributed by atoms with Crippen molar-refractivity contribution in [1.82, 2.24) is 15.3 Å². The lowest BCUT2D eigenvalue weighted by molar-refractivity contribution is -0.0576. The third-order valence-corrected chi connectivity index (χ3v) is 8.32. The van der Waals surface area contributed by atoms with E-state index in [9.17, 15) is 23.1 Å². The first-order valence-electron chi connectivity index (χ1n) is 14.0. The van der Waals surface area contributed by atoms with Gasteiger partial charge in [-0.25, -0.2) is 22.5 Å². The van der Waals surface area contributed by atoms with Gasteiger partial charge in [0.25, 0.3) is 12.3 Å². The lowest BCUT2D eigenvalue weighted by atomic mass is 9.71. The maximum Gasteiger partial charge on any atom is 0.265 e. The Hall–Kier alpha value is -4.09.